The maximum absolute atomic E-state index is 5.83. The molecule has 4 nitrogen and oxygen atoms in total. The molecule has 2 N–H and O–H groups in total. The third-order valence-corrected chi connectivity index (χ3v) is 4.19. The lowest BCUT2D eigenvalue weighted by atomic mass is 10.1. The molecule has 1 saturated carbocycles. The molecule has 1 aromatic carbocycles. The first-order valence-corrected chi connectivity index (χ1v) is 7.52. The van der Waals surface area contributed by atoms with E-state index in [2.05, 4.69) is 34.4 Å². The second kappa shape index (κ2) is 5.35. The number of nitrogens with two attached hydrogens (primary N) is 1. The standard InChI is InChI=1S/C14H17N3OS/c1-9(15)10-4-6-12(7-5-10)19-8-13-16-14(17-18-13)11-2-3-11/h4-7,9,11H,2-3,8,15H2,1H3. The van der Waals surface area contributed by atoms with E-state index in [1.165, 1.54) is 17.7 Å². The normalized spacial score (nSPS) is 16.5. The van der Waals surface area contributed by atoms with E-state index in [1.54, 1.807) is 11.8 Å². The molecule has 0 spiro atoms. The highest BCUT2D eigenvalue weighted by Gasteiger charge is 2.28. The summed E-state index contributed by atoms with van der Waals surface area (Å²) in [4.78, 5) is 5.60. The van der Waals surface area contributed by atoms with Crippen molar-refractivity contribution in [1.29, 1.82) is 0 Å². The second-order valence-corrected chi connectivity index (χ2v) is 6.02. The summed E-state index contributed by atoms with van der Waals surface area (Å²) in [7, 11) is 0. The van der Waals surface area contributed by atoms with Gasteiger partial charge in [-0.1, -0.05) is 17.3 Å². The molecule has 1 unspecified atom stereocenters. The Hall–Kier alpha value is -1.33. The van der Waals surface area contributed by atoms with Crippen LogP contribution in [0.5, 0.6) is 0 Å². The summed E-state index contributed by atoms with van der Waals surface area (Å²) in [6, 6.07) is 8.38. The molecular formula is C14H17N3OS. The quantitative estimate of drug-likeness (QED) is 0.848. The van der Waals surface area contributed by atoms with Crippen LogP contribution in [0.4, 0.5) is 0 Å². The number of hydrogen-bond donors (Lipinski definition) is 1. The van der Waals surface area contributed by atoms with Crippen LogP contribution in [-0.4, -0.2) is 10.1 Å². The highest BCUT2D eigenvalue weighted by molar-refractivity contribution is 7.98. The van der Waals surface area contributed by atoms with Crippen LogP contribution in [0.25, 0.3) is 0 Å². The van der Waals surface area contributed by atoms with E-state index in [-0.39, 0.29) is 6.04 Å². The summed E-state index contributed by atoms with van der Waals surface area (Å²) in [5, 5.41) is 4.01. The zero-order chi connectivity index (χ0) is 13.2. The van der Waals surface area contributed by atoms with Gasteiger partial charge in [-0.3, -0.25) is 0 Å². The van der Waals surface area contributed by atoms with Crippen LogP contribution in [0.2, 0.25) is 0 Å². The SMILES string of the molecule is CC(N)c1ccc(SCc2nc(C3CC3)no2)cc1. The topological polar surface area (TPSA) is 64.9 Å². The fourth-order valence-electron chi connectivity index (χ4n) is 1.85. The molecule has 1 atom stereocenters. The third kappa shape index (κ3) is 3.16. The molecule has 0 aliphatic heterocycles. The van der Waals surface area contributed by atoms with Gasteiger partial charge < -0.3 is 10.3 Å². The number of aromatic nitrogens is 2. The number of nitrogens with zero attached hydrogens (tertiary/aromatic N) is 2. The Morgan fingerprint density at radius 2 is 2.11 bits per heavy atom. The van der Waals surface area contributed by atoms with E-state index in [1.807, 2.05) is 6.92 Å². The van der Waals surface area contributed by atoms with Crippen LogP contribution >= 0.6 is 11.8 Å². The summed E-state index contributed by atoms with van der Waals surface area (Å²) >= 11 is 1.70. The van der Waals surface area contributed by atoms with Crippen molar-refractivity contribution in [2.24, 2.45) is 5.73 Å². The van der Waals surface area contributed by atoms with Crippen molar-refractivity contribution in [3.63, 3.8) is 0 Å². The number of thioether (sulfide) groups is 1. The van der Waals surface area contributed by atoms with Gasteiger partial charge in [0.05, 0.1) is 5.75 Å². The smallest absolute Gasteiger partial charge is 0.237 e. The summed E-state index contributed by atoms with van der Waals surface area (Å²) in [5.74, 6) is 2.86. The number of rotatable bonds is 5. The minimum absolute atomic E-state index is 0.0797. The summed E-state index contributed by atoms with van der Waals surface area (Å²) in [5.41, 5.74) is 6.98. The van der Waals surface area contributed by atoms with E-state index in [0.29, 0.717) is 11.8 Å². The molecule has 0 radical (unpaired) electrons. The molecule has 0 bridgehead atoms. The van der Waals surface area contributed by atoms with E-state index in [4.69, 9.17) is 10.3 Å². The molecule has 0 amide bonds. The largest absolute Gasteiger partial charge is 0.338 e. The van der Waals surface area contributed by atoms with Gasteiger partial charge in [0.25, 0.3) is 0 Å². The Balaban J connectivity index is 1.58. The van der Waals surface area contributed by atoms with Crippen LogP contribution < -0.4 is 5.73 Å². The monoisotopic (exact) mass is 275 g/mol. The lowest BCUT2D eigenvalue weighted by molar-refractivity contribution is 0.385. The second-order valence-electron chi connectivity index (χ2n) is 4.97. The minimum Gasteiger partial charge on any atom is -0.338 e. The fourth-order valence-corrected chi connectivity index (χ4v) is 2.58. The lowest BCUT2D eigenvalue weighted by Gasteiger charge is -2.05. The summed E-state index contributed by atoms with van der Waals surface area (Å²) < 4.78 is 5.25. The Kier molecular flexibility index (Phi) is 3.57. The van der Waals surface area contributed by atoms with E-state index in [9.17, 15) is 0 Å². The van der Waals surface area contributed by atoms with Gasteiger partial charge in [-0.25, -0.2) is 0 Å². The summed E-state index contributed by atoms with van der Waals surface area (Å²) in [6.45, 7) is 1.99. The molecule has 1 aliphatic carbocycles. The maximum atomic E-state index is 5.83. The van der Waals surface area contributed by atoms with Gasteiger partial charge in [0.1, 0.15) is 0 Å². The summed E-state index contributed by atoms with van der Waals surface area (Å²) in [6.07, 6.45) is 2.40. The van der Waals surface area contributed by atoms with Crippen LogP contribution in [0.15, 0.2) is 33.7 Å². The first-order chi connectivity index (χ1) is 9.22. The zero-order valence-corrected chi connectivity index (χ0v) is 11.7. The maximum Gasteiger partial charge on any atom is 0.237 e. The van der Waals surface area contributed by atoms with E-state index < -0.39 is 0 Å². The highest BCUT2D eigenvalue weighted by atomic mass is 32.2. The molecule has 1 heterocycles. The molecular weight excluding hydrogens is 258 g/mol. The molecule has 1 fully saturated rings. The van der Waals surface area contributed by atoms with Crippen molar-refractivity contribution < 1.29 is 4.52 Å². The fraction of sp³-hybridized carbons (Fsp3) is 0.429. The number of benzene rings is 1. The van der Waals surface area contributed by atoms with Crippen molar-refractivity contribution >= 4 is 11.8 Å². The van der Waals surface area contributed by atoms with Crippen molar-refractivity contribution in [3.05, 3.63) is 41.5 Å². The molecule has 19 heavy (non-hydrogen) atoms. The molecule has 100 valence electrons. The number of hydrogen-bond acceptors (Lipinski definition) is 5. The van der Waals surface area contributed by atoms with Crippen LogP contribution in [0, 0.1) is 0 Å². The van der Waals surface area contributed by atoms with Gasteiger partial charge in [0.2, 0.25) is 5.89 Å². The molecule has 1 aromatic heterocycles. The van der Waals surface area contributed by atoms with Gasteiger partial charge in [-0.05, 0) is 37.5 Å². The van der Waals surface area contributed by atoms with Crippen molar-refractivity contribution in [2.45, 2.75) is 42.4 Å². The van der Waals surface area contributed by atoms with Crippen molar-refractivity contribution in [1.82, 2.24) is 10.1 Å². The van der Waals surface area contributed by atoms with Gasteiger partial charge in [-0.2, -0.15) is 4.98 Å². The van der Waals surface area contributed by atoms with Gasteiger partial charge >= 0.3 is 0 Å². The third-order valence-electron chi connectivity index (χ3n) is 3.19. The molecule has 2 aromatic rings. The van der Waals surface area contributed by atoms with Gasteiger partial charge in [-0.15, -0.1) is 11.8 Å². The molecule has 1 aliphatic rings. The van der Waals surface area contributed by atoms with Gasteiger partial charge in [0, 0.05) is 16.9 Å². The molecule has 0 saturated heterocycles. The average Bonchev–Trinajstić information content (AvgIpc) is 3.16. The first kappa shape index (κ1) is 12.7. The lowest BCUT2D eigenvalue weighted by Crippen LogP contribution is -2.04. The van der Waals surface area contributed by atoms with Crippen molar-refractivity contribution in [2.75, 3.05) is 0 Å². The first-order valence-electron chi connectivity index (χ1n) is 6.53. The van der Waals surface area contributed by atoms with Gasteiger partial charge in [0.15, 0.2) is 5.82 Å². The van der Waals surface area contributed by atoms with Crippen LogP contribution in [-0.2, 0) is 5.75 Å². The van der Waals surface area contributed by atoms with E-state index in [0.717, 1.165) is 17.1 Å². The predicted molar refractivity (Wildman–Crippen MR) is 74.9 cm³/mol. The Bertz CT molecular complexity index is 546. The minimum atomic E-state index is 0.0797. The van der Waals surface area contributed by atoms with Crippen LogP contribution in [0.3, 0.4) is 0 Å². The highest BCUT2D eigenvalue weighted by Crippen LogP contribution is 2.38. The molecule has 3 rings (SSSR count). The average molecular weight is 275 g/mol. The van der Waals surface area contributed by atoms with E-state index >= 15 is 0 Å². The zero-order valence-electron chi connectivity index (χ0n) is 10.9. The van der Waals surface area contributed by atoms with Crippen molar-refractivity contribution in [3.8, 4) is 0 Å². The Morgan fingerprint density at radius 1 is 1.37 bits per heavy atom. The molecule has 5 heteroatoms. The Labute approximate surface area is 116 Å². The Morgan fingerprint density at radius 3 is 2.74 bits per heavy atom. The predicted octanol–water partition coefficient (Wildman–Crippen LogP) is 3.26. The van der Waals surface area contributed by atoms with Crippen LogP contribution in [0.1, 0.15) is 49.0 Å².